The van der Waals surface area contributed by atoms with E-state index < -0.39 is 11.2 Å². The van der Waals surface area contributed by atoms with Crippen molar-refractivity contribution in [1.29, 1.82) is 0 Å². The summed E-state index contributed by atoms with van der Waals surface area (Å²) in [4.78, 5) is 12.6. The number of carbonyl (C=O) groups is 1. The highest BCUT2D eigenvalue weighted by Gasteiger charge is 2.38. The van der Waals surface area contributed by atoms with E-state index >= 15 is 0 Å². The van der Waals surface area contributed by atoms with E-state index in [4.69, 9.17) is 9.47 Å². The highest BCUT2D eigenvalue weighted by molar-refractivity contribution is 5.79. The average Bonchev–Trinajstić information content (AvgIpc) is 2.50. The Labute approximate surface area is 173 Å². The van der Waals surface area contributed by atoms with Gasteiger partial charge in [-0.2, -0.15) is 0 Å². The molecule has 0 saturated heterocycles. The predicted molar refractivity (Wildman–Crippen MR) is 118 cm³/mol. The first kappa shape index (κ1) is 24.5. The van der Waals surface area contributed by atoms with Crippen molar-refractivity contribution in [3.63, 3.8) is 0 Å². The molecule has 2 atom stereocenters. The Bertz CT molecular complexity index is 638. The minimum absolute atomic E-state index is 0.171. The lowest BCUT2D eigenvalue weighted by molar-refractivity contribution is -0.172. The fourth-order valence-corrected chi connectivity index (χ4v) is 3.21. The van der Waals surface area contributed by atoms with Crippen LogP contribution in [0.2, 0.25) is 0 Å². The van der Waals surface area contributed by atoms with Crippen LogP contribution >= 0.6 is 0 Å². The first-order valence-electron chi connectivity index (χ1n) is 10.5. The van der Waals surface area contributed by atoms with Gasteiger partial charge in [-0.1, -0.05) is 60.6 Å². The van der Waals surface area contributed by atoms with E-state index in [2.05, 4.69) is 53.7 Å². The number of rotatable bonds is 6. The fourth-order valence-electron chi connectivity index (χ4n) is 3.21. The van der Waals surface area contributed by atoms with Crippen LogP contribution in [0.3, 0.4) is 0 Å². The summed E-state index contributed by atoms with van der Waals surface area (Å²) in [7, 11) is 0. The first-order valence-corrected chi connectivity index (χ1v) is 10.5. The van der Waals surface area contributed by atoms with E-state index in [9.17, 15) is 4.79 Å². The van der Waals surface area contributed by atoms with Crippen LogP contribution in [0, 0.1) is 10.8 Å². The van der Waals surface area contributed by atoms with Gasteiger partial charge in [0.25, 0.3) is 0 Å². The summed E-state index contributed by atoms with van der Waals surface area (Å²) in [5.74, 6) is 0.819. The quantitative estimate of drug-likeness (QED) is 0.484. The van der Waals surface area contributed by atoms with Gasteiger partial charge >= 0.3 is 5.97 Å². The molecule has 160 valence electrons. The van der Waals surface area contributed by atoms with Gasteiger partial charge < -0.3 is 9.47 Å². The molecule has 0 bridgehead atoms. The van der Waals surface area contributed by atoms with Crippen molar-refractivity contribution in [3.05, 3.63) is 29.8 Å². The summed E-state index contributed by atoms with van der Waals surface area (Å²) in [6, 6.07) is 8.24. The Kier molecular flexibility index (Phi) is 7.42. The number of ether oxygens (including phenoxy) is 2. The molecule has 2 unspecified atom stereocenters. The second kappa shape index (κ2) is 8.47. The third kappa shape index (κ3) is 7.48. The van der Waals surface area contributed by atoms with E-state index in [0.29, 0.717) is 18.1 Å². The van der Waals surface area contributed by atoms with Crippen LogP contribution in [0.25, 0.3) is 0 Å². The van der Waals surface area contributed by atoms with E-state index in [1.165, 1.54) is 5.56 Å². The summed E-state index contributed by atoms with van der Waals surface area (Å²) in [5.41, 5.74) is 0.205. The monoisotopic (exact) mass is 390 g/mol. The number of benzene rings is 1. The molecule has 0 aliphatic carbocycles. The Morgan fingerprint density at radius 3 is 1.75 bits per heavy atom. The summed E-state index contributed by atoms with van der Waals surface area (Å²) in [6.45, 7) is 23.1. The number of carbonyl (C=O) groups excluding carboxylic acids is 1. The van der Waals surface area contributed by atoms with Crippen molar-refractivity contribution in [1.82, 2.24) is 0 Å². The molecule has 0 spiro atoms. The highest BCUT2D eigenvalue weighted by Crippen LogP contribution is 2.43. The molecule has 3 heteroatoms. The van der Waals surface area contributed by atoms with E-state index in [-0.39, 0.29) is 16.8 Å². The fraction of sp³-hybridized carbons (Fsp3) is 0.720. The molecule has 0 N–H and O–H groups in total. The molecule has 0 aromatic heterocycles. The van der Waals surface area contributed by atoms with Crippen LogP contribution in [0.15, 0.2) is 24.3 Å². The topological polar surface area (TPSA) is 35.5 Å². The van der Waals surface area contributed by atoms with E-state index in [1.807, 2.05) is 39.8 Å². The van der Waals surface area contributed by atoms with Crippen LogP contribution in [0.5, 0.6) is 5.75 Å². The Morgan fingerprint density at radius 1 is 0.893 bits per heavy atom. The molecule has 1 rings (SSSR count). The molecule has 0 amide bonds. The van der Waals surface area contributed by atoms with Crippen LogP contribution < -0.4 is 4.74 Å². The Hall–Kier alpha value is -1.51. The van der Waals surface area contributed by atoms with Crippen molar-refractivity contribution >= 4 is 5.97 Å². The summed E-state index contributed by atoms with van der Waals surface area (Å²) in [6.07, 6.45) is 1.65. The Morgan fingerprint density at radius 2 is 1.39 bits per heavy atom. The van der Waals surface area contributed by atoms with Crippen molar-refractivity contribution in [2.24, 2.45) is 10.8 Å². The van der Waals surface area contributed by atoms with Crippen LogP contribution in [-0.2, 0) is 9.53 Å². The second-order valence-electron chi connectivity index (χ2n) is 11.4. The molecule has 0 aliphatic heterocycles. The molecule has 0 fully saturated rings. The lowest BCUT2D eigenvalue weighted by Gasteiger charge is -2.36. The molecule has 28 heavy (non-hydrogen) atoms. The van der Waals surface area contributed by atoms with Gasteiger partial charge in [0.05, 0.1) is 0 Å². The normalized spacial score (nSPS) is 16.2. The van der Waals surface area contributed by atoms with Gasteiger partial charge in [-0.25, -0.2) is 4.79 Å². The highest BCUT2D eigenvalue weighted by atomic mass is 16.6. The molecule has 0 saturated carbocycles. The molecule has 1 aromatic rings. The van der Waals surface area contributed by atoms with Gasteiger partial charge in [0.15, 0.2) is 0 Å². The zero-order valence-corrected chi connectivity index (χ0v) is 20.0. The lowest BCUT2D eigenvalue weighted by atomic mass is 9.69. The maximum Gasteiger partial charge on any atom is 0.350 e. The lowest BCUT2D eigenvalue weighted by Crippen LogP contribution is -2.45. The van der Waals surface area contributed by atoms with Crippen molar-refractivity contribution in [2.75, 3.05) is 0 Å². The minimum Gasteiger partial charge on any atom is -0.476 e. The molecular formula is C25H42O3. The molecular weight excluding hydrogens is 348 g/mol. The van der Waals surface area contributed by atoms with E-state index in [1.54, 1.807) is 6.92 Å². The summed E-state index contributed by atoms with van der Waals surface area (Å²) in [5, 5.41) is 0. The molecule has 0 radical (unpaired) electrons. The zero-order valence-electron chi connectivity index (χ0n) is 20.0. The van der Waals surface area contributed by atoms with Gasteiger partial charge in [-0.3, -0.25) is 0 Å². The number of hydrogen-bond acceptors (Lipinski definition) is 3. The maximum atomic E-state index is 12.6. The maximum absolute atomic E-state index is 12.6. The summed E-state index contributed by atoms with van der Waals surface area (Å²) < 4.78 is 11.7. The SMILES string of the molecule is CCC(C)(Oc1ccc(C(CC(C)(C)C)C(C)(C)C)cc1)C(=O)OC(C)(C)C. The summed E-state index contributed by atoms with van der Waals surface area (Å²) >= 11 is 0. The predicted octanol–water partition coefficient (Wildman–Crippen LogP) is 7.14. The zero-order chi connectivity index (χ0) is 22.0. The van der Waals surface area contributed by atoms with Gasteiger partial charge in [0, 0.05) is 0 Å². The van der Waals surface area contributed by atoms with Crippen LogP contribution in [0.4, 0.5) is 0 Å². The molecule has 0 aliphatic rings. The van der Waals surface area contributed by atoms with Crippen LogP contribution in [-0.4, -0.2) is 17.2 Å². The average molecular weight is 391 g/mol. The molecule has 0 heterocycles. The standard InChI is InChI=1S/C25H42O3/c1-12-25(11,21(26)28-24(8,9)10)27-19-15-13-18(14-16-19)20(23(5,6)7)17-22(2,3)4/h13-16,20H,12,17H2,1-11H3. The third-order valence-electron chi connectivity index (χ3n) is 4.99. The van der Waals surface area contributed by atoms with Crippen molar-refractivity contribution in [3.8, 4) is 5.75 Å². The van der Waals surface area contributed by atoms with Gasteiger partial charge in [0.1, 0.15) is 11.4 Å². The minimum atomic E-state index is -0.996. The smallest absolute Gasteiger partial charge is 0.350 e. The number of esters is 1. The first-order chi connectivity index (χ1) is 12.5. The van der Waals surface area contributed by atoms with Gasteiger partial charge in [-0.15, -0.1) is 0 Å². The largest absolute Gasteiger partial charge is 0.476 e. The molecule has 1 aromatic carbocycles. The van der Waals surface area contributed by atoms with Crippen molar-refractivity contribution in [2.45, 2.75) is 106 Å². The Balaban J connectivity index is 3.06. The van der Waals surface area contributed by atoms with Crippen LogP contribution in [0.1, 0.15) is 100 Å². The molecule has 3 nitrogen and oxygen atoms in total. The van der Waals surface area contributed by atoms with Gasteiger partial charge in [-0.05, 0) is 75.0 Å². The second-order valence-corrected chi connectivity index (χ2v) is 11.4. The number of hydrogen-bond donors (Lipinski definition) is 0. The third-order valence-corrected chi connectivity index (χ3v) is 4.99. The van der Waals surface area contributed by atoms with Gasteiger partial charge in [0.2, 0.25) is 5.60 Å². The van der Waals surface area contributed by atoms with Crippen molar-refractivity contribution < 1.29 is 14.3 Å². The van der Waals surface area contributed by atoms with E-state index in [0.717, 1.165) is 6.42 Å².